The lowest BCUT2D eigenvalue weighted by molar-refractivity contribution is 0.319. The molecular weight excluding hydrogens is 192 g/mol. The van der Waals surface area contributed by atoms with E-state index in [4.69, 9.17) is 0 Å². The molecule has 0 aliphatic carbocycles. The molecule has 0 nitrogen and oxygen atoms in total. The molecule has 0 aromatic rings. The van der Waals surface area contributed by atoms with Crippen LogP contribution in [0, 0.1) is 17.3 Å². The van der Waals surface area contributed by atoms with Gasteiger partial charge in [-0.1, -0.05) is 74.7 Å². The maximum Gasteiger partial charge on any atom is -0.0357 e. The van der Waals surface area contributed by atoms with Crippen LogP contribution in [0.5, 0.6) is 0 Å². The Balaban J connectivity index is 0. The van der Waals surface area contributed by atoms with Crippen molar-refractivity contribution in [2.24, 2.45) is 17.3 Å². The molecule has 0 heterocycles. The van der Waals surface area contributed by atoms with E-state index in [9.17, 15) is 0 Å². The molecule has 1 unspecified atom stereocenters. The minimum Gasteiger partial charge on any atom is -0.0654 e. The van der Waals surface area contributed by atoms with Gasteiger partial charge in [-0.25, -0.2) is 0 Å². The molecule has 0 aliphatic rings. The maximum absolute atomic E-state index is 2.33. The van der Waals surface area contributed by atoms with E-state index in [1.165, 1.54) is 32.1 Å². The van der Waals surface area contributed by atoms with Crippen LogP contribution in [0.25, 0.3) is 0 Å². The Kier molecular flexibility index (Phi) is 11.7. The first kappa shape index (κ1) is 18.4. The Bertz CT molecular complexity index is 133. The monoisotopic (exact) mass is 228 g/mol. The molecule has 0 spiro atoms. The molecule has 0 amide bonds. The fourth-order valence-electron chi connectivity index (χ4n) is 1.82. The second-order valence-electron chi connectivity index (χ2n) is 6.41. The van der Waals surface area contributed by atoms with Crippen LogP contribution in [0.4, 0.5) is 0 Å². The van der Waals surface area contributed by atoms with Crippen molar-refractivity contribution in [2.75, 3.05) is 0 Å². The normalized spacial score (nSPS) is 13.3. The highest BCUT2D eigenvalue weighted by molar-refractivity contribution is 4.64. The molecule has 0 radical (unpaired) electrons. The summed E-state index contributed by atoms with van der Waals surface area (Å²) in [6.07, 6.45) is 6.71. The van der Waals surface area contributed by atoms with Gasteiger partial charge in [0.2, 0.25) is 0 Å². The van der Waals surface area contributed by atoms with Crippen molar-refractivity contribution in [1.29, 1.82) is 0 Å². The fourth-order valence-corrected chi connectivity index (χ4v) is 1.82. The van der Waals surface area contributed by atoms with Crippen LogP contribution < -0.4 is 0 Å². The summed E-state index contributed by atoms with van der Waals surface area (Å²) in [4.78, 5) is 0. The topological polar surface area (TPSA) is 0 Å². The van der Waals surface area contributed by atoms with Crippen LogP contribution >= 0.6 is 0 Å². The average molecular weight is 228 g/mol. The Morgan fingerprint density at radius 1 is 0.938 bits per heavy atom. The SMILES string of the molecule is CCC(C)CC(C)C.CCCC(C)(C)CC. The summed E-state index contributed by atoms with van der Waals surface area (Å²) >= 11 is 0. The lowest BCUT2D eigenvalue weighted by Gasteiger charge is -2.20. The largest absolute Gasteiger partial charge is 0.0654 e. The van der Waals surface area contributed by atoms with E-state index in [2.05, 4.69) is 55.4 Å². The molecule has 0 N–H and O–H groups in total. The summed E-state index contributed by atoms with van der Waals surface area (Å²) < 4.78 is 0. The molecule has 0 aromatic carbocycles. The summed E-state index contributed by atoms with van der Waals surface area (Å²) in [6, 6.07) is 0. The molecule has 0 heteroatoms. The van der Waals surface area contributed by atoms with E-state index in [-0.39, 0.29) is 0 Å². The zero-order chi connectivity index (χ0) is 13.2. The van der Waals surface area contributed by atoms with E-state index in [0.717, 1.165) is 11.8 Å². The van der Waals surface area contributed by atoms with E-state index >= 15 is 0 Å². The van der Waals surface area contributed by atoms with E-state index in [0.29, 0.717) is 5.41 Å². The first-order valence-corrected chi connectivity index (χ1v) is 7.29. The van der Waals surface area contributed by atoms with Gasteiger partial charge >= 0.3 is 0 Å². The number of rotatable bonds is 6. The molecule has 0 aliphatic heterocycles. The van der Waals surface area contributed by atoms with Gasteiger partial charge in [-0.3, -0.25) is 0 Å². The van der Waals surface area contributed by atoms with Crippen molar-refractivity contribution in [3.8, 4) is 0 Å². The van der Waals surface area contributed by atoms with Crippen molar-refractivity contribution in [1.82, 2.24) is 0 Å². The quantitative estimate of drug-likeness (QED) is 0.500. The molecule has 16 heavy (non-hydrogen) atoms. The predicted octanol–water partition coefficient (Wildman–Crippen LogP) is 6.30. The van der Waals surface area contributed by atoms with Crippen LogP contribution in [0.15, 0.2) is 0 Å². The molecule has 0 fully saturated rings. The van der Waals surface area contributed by atoms with E-state index in [1.807, 2.05) is 0 Å². The third kappa shape index (κ3) is 14.0. The summed E-state index contributed by atoms with van der Waals surface area (Å²) in [5.41, 5.74) is 0.592. The summed E-state index contributed by atoms with van der Waals surface area (Å²) in [6.45, 7) is 18.3. The van der Waals surface area contributed by atoms with E-state index < -0.39 is 0 Å². The molecule has 0 bridgehead atoms. The van der Waals surface area contributed by atoms with Crippen molar-refractivity contribution in [3.05, 3.63) is 0 Å². The van der Waals surface area contributed by atoms with Crippen molar-refractivity contribution >= 4 is 0 Å². The first-order valence-electron chi connectivity index (χ1n) is 7.29. The summed E-state index contributed by atoms with van der Waals surface area (Å²) in [5.74, 6) is 1.81. The van der Waals surface area contributed by atoms with Crippen molar-refractivity contribution < 1.29 is 0 Å². The summed E-state index contributed by atoms with van der Waals surface area (Å²) in [7, 11) is 0. The Morgan fingerprint density at radius 3 is 1.56 bits per heavy atom. The highest BCUT2D eigenvalue weighted by atomic mass is 14.2. The van der Waals surface area contributed by atoms with Crippen LogP contribution in [-0.2, 0) is 0 Å². The molecule has 0 saturated heterocycles. The number of hydrogen-bond acceptors (Lipinski definition) is 0. The zero-order valence-corrected chi connectivity index (χ0v) is 13.2. The zero-order valence-electron chi connectivity index (χ0n) is 13.2. The van der Waals surface area contributed by atoms with Gasteiger partial charge in [-0.15, -0.1) is 0 Å². The van der Waals surface area contributed by atoms with Gasteiger partial charge in [0.1, 0.15) is 0 Å². The fraction of sp³-hybridized carbons (Fsp3) is 1.00. The molecule has 1 atom stereocenters. The minimum atomic E-state index is 0.592. The number of hydrogen-bond donors (Lipinski definition) is 0. The second kappa shape index (κ2) is 10.2. The van der Waals surface area contributed by atoms with Crippen LogP contribution in [0.2, 0.25) is 0 Å². The lowest BCUT2D eigenvalue weighted by Crippen LogP contribution is -2.07. The molecule has 0 saturated carbocycles. The van der Waals surface area contributed by atoms with Gasteiger partial charge in [0.25, 0.3) is 0 Å². The maximum atomic E-state index is 2.33. The first-order chi connectivity index (χ1) is 7.29. The summed E-state index contributed by atoms with van der Waals surface area (Å²) in [5, 5.41) is 0. The molecule has 0 rings (SSSR count). The molecule has 0 aromatic heterocycles. The minimum absolute atomic E-state index is 0.592. The van der Waals surface area contributed by atoms with Crippen molar-refractivity contribution in [3.63, 3.8) is 0 Å². The second-order valence-corrected chi connectivity index (χ2v) is 6.41. The van der Waals surface area contributed by atoms with Gasteiger partial charge < -0.3 is 0 Å². The Hall–Kier alpha value is 0. The van der Waals surface area contributed by atoms with Crippen molar-refractivity contribution in [2.45, 2.75) is 87.5 Å². The highest BCUT2D eigenvalue weighted by Gasteiger charge is 2.11. The van der Waals surface area contributed by atoms with Gasteiger partial charge in [-0.2, -0.15) is 0 Å². The molecular formula is C16H36. The van der Waals surface area contributed by atoms with Gasteiger partial charge in [0.05, 0.1) is 0 Å². The van der Waals surface area contributed by atoms with Gasteiger partial charge in [0, 0.05) is 0 Å². The third-order valence-electron chi connectivity index (χ3n) is 3.45. The van der Waals surface area contributed by atoms with Crippen LogP contribution in [-0.4, -0.2) is 0 Å². The predicted molar refractivity (Wildman–Crippen MR) is 77.9 cm³/mol. The van der Waals surface area contributed by atoms with Crippen LogP contribution in [0.1, 0.15) is 87.5 Å². The molecule has 100 valence electrons. The van der Waals surface area contributed by atoms with Gasteiger partial charge in [0.15, 0.2) is 0 Å². The smallest absolute Gasteiger partial charge is 0.0357 e. The highest BCUT2D eigenvalue weighted by Crippen LogP contribution is 2.25. The lowest BCUT2D eigenvalue weighted by atomic mass is 9.86. The third-order valence-corrected chi connectivity index (χ3v) is 3.45. The van der Waals surface area contributed by atoms with Crippen LogP contribution in [0.3, 0.4) is 0 Å². The van der Waals surface area contributed by atoms with Gasteiger partial charge in [-0.05, 0) is 30.1 Å². The Labute approximate surface area is 105 Å². The Morgan fingerprint density at radius 2 is 1.44 bits per heavy atom. The average Bonchev–Trinajstić information content (AvgIpc) is 2.17. The standard InChI is InChI=1S/2C8H18/c1-5-8(4)6-7(2)3;1-5-7-8(3,4)6-2/h7-8H,5-6H2,1-4H3;5-7H2,1-4H3. The van der Waals surface area contributed by atoms with E-state index in [1.54, 1.807) is 0 Å².